The van der Waals surface area contributed by atoms with Gasteiger partial charge < -0.3 is 9.47 Å². The molecule has 154 valence electrons. The second kappa shape index (κ2) is 8.58. The number of aromatic nitrogens is 4. The molecule has 0 bridgehead atoms. The molecule has 3 heterocycles. The number of hydrogen-bond donors (Lipinski definition) is 0. The topological polar surface area (TPSA) is 62.1 Å². The lowest BCUT2D eigenvalue weighted by molar-refractivity contribution is -0.0302. The largest absolute Gasteiger partial charge is 0.497 e. The van der Waals surface area contributed by atoms with E-state index in [1.54, 1.807) is 13.4 Å². The summed E-state index contributed by atoms with van der Waals surface area (Å²) in [4.78, 5) is 14.0. The zero-order chi connectivity index (χ0) is 21.0. The molecule has 1 fully saturated rings. The molecule has 1 atom stereocenters. The zero-order valence-electron chi connectivity index (χ0n) is 17.3. The lowest BCUT2D eigenvalue weighted by Crippen LogP contribution is -2.19. The van der Waals surface area contributed by atoms with E-state index >= 15 is 0 Å². The highest BCUT2D eigenvalue weighted by atomic mass is 16.5. The number of imidazole rings is 1. The number of benzene rings is 2. The van der Waals surface area contributed by atoms with Gasteiger partial charge in [0.15, 0.2) is 11.5 Å². The Morgan fingerprint density at radius 3 is 2.58 bits per heavy atom. The minimum absolute atomic E-state index is 0.127. The molecule has 0 amide bonds. The van der Waals surface area contributed by atoms with Crippen LogP contribution < -0.4 is 4.74 Å². The fourth-order valence-corrected chi connectivity index (χ4v) is 3.81. The lowest BCUT2D eigenvalue weighted by Gasteiger charge is -2.24. The van der Waals surface area contributed by atoms with Gasteiger partial charge in [0, 0.05) is 17.7 Å². The third kappa shape index (κ3) is 3.88. The third-order valence-corrected chi connectivity index (χ3v) is 5.38. The van der Waals surface area contributed by atoms with Gasteiger partial charge in [-0.05, 0) is 61.6 Å². The molecule has 0 spiro atoms. The molecule has 0 saturated carbocycles. The highest BCUT2D eigenvalue weighted by Gasteiger charge is 2.24. The van der Waals surface area contributed by atoms with E-state index in [0.29, 0.717) is 5.82 Å². The Hall–Kier alpha value is -3.69. The highest BCUT2D eigenvalue weighted by Crippen LogP contribution is 2.31. The number of methoxy groups -OCH3 is 1. The van der Waals surface area contributed by atoms with E-state index in [2.05, 4.69) is 21.8 Å². The van der Waals surface area contributed by atoms with Gasteiger partial charge in [0.2, 0.25) is 0 Å². The van der Waals surface area contributed by atoms with Crippen LogP contribution in [-0.4, -0.2) is 33.2 Å². The van der Waals surface area contributed by atoms with Gasteiger partial charge in [0.05, 0.1) is 7.11 Å². The number of nitrogens with zero attached hydrogens (tertiary/aromatic N) is 4. The first-order valence-electron chi connectivity index (χ1n) is 10.4. The van der Waals surface area contributed by atoms with E-state index < -0.39 is 0 Å². The minimum atomic E-state index is -0.127. The first kappa shape index (κ1) is 19.3. The van der Waals surface area contributed by atoms with Gasteiger partial charge in [-0.3, -0.25) is 4.57 Å². The summed E-state index contributed by atoms with van der Waals surface area (Å²) in [7, 11) is 1.65. The van der Waals surface area contributed by atoms with Crippen molar-refractivity contribution in [2.45, 2.75) is 25.5 Å². The monoisotopic (exact) mass is 410 g/mol. The van der Waals surface area contributed by atoms with Crippen molar-refractivity contribution in [2.24, 2.45) is 0 Å². The molecule has 4 aromatic rings. The summed E-state index contributed by atoms with van der Waals surface area (Å²) in [6, 6.07) is 17.7. The van der Waals surface area contributed by atoms with Crippen LogP contribution in [0.1, 0.15) is 36.9 Å². The van der Waals surface area contributed by atoms with Gasteiger partial charge in [-0.1, -0.05) is 24.1 Å². The van der Waals surface area contributed by atoms with Gasteiger partial charge in [0.1, 0.15) is 29.5 Å². The predicted octanol–water partition coefficient (Wildman–Crippen LogP) is 4.60. The molecule has 1 aliphatic rings. The quantitative estimate of drug-likeness (QED) is 0.462. The smallest absolute Gasteiger partial charge is 0.190 e. The van der Waals surface area contributed by atoms with E-state index in [1.165, 1.54) is 0 Å². The Bertz CT molecular complexity index is 1250. The number of hydrogen-bond acceptors (Lipinski definition) is 5. The highest BCUT2D eigenvalue weighted by molar-refractivity contribution is 5.88. The van der Waals surface area contributed by atoms with Crippen LogP contribution >= 0.6 is 0 Å². The Morgan fingerprint density at radius 2 is 1.84 bits per heavy atom. The van der Waals surface area contributed by atoms with Crippen LogP contribution in [0.3, 0.4) is 0 Å². The zero-order valence-corrected chi connectivity index (χ0v) is 17.3. The molecule has 0 aliphatic carbocycles. The van der Waals surface area contributed by atoms with Crippen molar-refractivity contribution in [1.29, 1.82) is 0 Å². The summed E-state index contributed by atoms with van der Waals surface area (Å²) in [5.74, 6) is 7.91. The summed E-state index contributed by atoms with van der Waals surface area (Å²) in [5.41, 5.74) is 4.12. The molecule has 1 unspecified atom stereocenters. The third-order valence-electron chi connectivity index (χ3n) is 5.38. The molecule has 31 heavy (non-hydrogen) atoms. The summed E-state index contributed by atoms with van der Waals surface area (Å²) in [5, 5.41) is 0. The molecule has 5 rings (SSSR count). The predicted molar refractivity (Wildman–Crippen MR) is 119 cm³/mol. The maximum absolute atomic E-state index is 6.08. The van der Waals surface area contributed by atoms with Crippen LogP contribution in [0.4, 0.5) is 0 Å². The number of rotatable bonds is 3. The molecule has 1 saturated heterocycles. The van der Waals surface area contributed by atoms with E-state index in [0.717, 1.165) is 59.6 Å². The van der Waals surface area contributed by atoms with Gasteiger partial charge in [-0.15, -0.1) is 0 Å². The molecule has 0 radical (unpaired) electrons. The Balaban J connectivity index is 1.66. The van der Waals surface area contributed by atoms with Crippen molar-refractivity contribution in [3.05, 3.63) is 72.3 Å². The van der Waals surface area contributed by atoms with Crippen molar-refractivity contribution >= 4 is 11.2 Å². The fourth-order valence-electron chi connectivity index (χ4n) is 3.81. The summed E-state index contributed by atoms with van der Waals surface area (Å²) in [6.45, 7) is 0.728. The summed E-state index contributed by atoms with van der Waals surface area (Å²) in [6.07, 6.45) is 4.54. The van der Waals surface area contributed by atoms with Crippen molar-refractivity contribution in [1.82, 2.24) is 19.5 Å². The standard InChI is InChI=1S/C25H22N4O2/c1-30-20-13-11-19(12-14-20)23-24-25(27-17-26-23)29(22-9-5-6-16-31-22)21(28-24)15-10-18-7-3-2-4-8-18/h2-4,7-8,11-14,17,22H,5-6,9,16H2,1H3. The van der Waals surface area contributed by atoms with Gasteiger partial charge in [0.25, 0.3) is 0 Å². The van der Waals surface area contributed by atoms with Gasteiger partial charge in [-0.2, -0.15) is 0 Å². The molecule has 2 aromatic heterocycles. The van der Waals surface area contributed by atoms with Crippen LogP contribution in [-0.2, 0) is 4.74 Å². The number of ether oxygens (including phenoxy) is 2. The van der Waals surface area contributed by atoms with Gasteiger partial charge >= 0.3 is 0 Å². The molecular formula is C25H22N4O2. The van der Waals surface area contributed by atoms with Crippen LogP contribution in [0.15, 0.2) is 60.9 Å². The van der Waals surface area contributed by atoms with Crippen molar-refractivity contribution < 1.29 is 9.47 Å². The maximum atomic E-state index is 6.08. The Morgan fingerprint density at radius 1 is 1.00 bits per heavy atom. The van der Waals surface area contributed by atoms with Crippen LogP contribution in [0, 0.1) is 11.8 Å². The van der Waals surface area contributed by atoms with E-state index in [4.69, 9.17) is 14.5 Å². The molecular weight excluding hydrogens is 388 g/mol. The van der Waals surface area contributed by atoms with E-state index in [9.17, 15) is 0 Å². The van der Waals surface area contributed by atoms with E-state index in [-0.39, 0.29) is 6.23 Å². The van der Waals surface area contributed by atoms with E-state index in [1.807, 2.05) is 59.2 Å². The average molecular weight is 410 g/mol. The molecule has 6 heteroatoms. The maximum Gasteiger partial charge on any atom is 0.190 e. The minimum Gasteiger partial charge on any atom is -0.497 e. The molecule has 0 N–H and O–H groups in total. The average Bonchev–Trinajstić information content (AvgIpc) is 3.22. The summed E-state index contributed by atoms with van der Waals surface area (Å²) >= 11 is 0. The fraction of sp³-hybridized carbons (Fsp3) is 0.240. The van der Waals surface area contributed by atoms with Crippen LogP contribution in [0.5, 0.6) is 5.75 Å². The van der Waals surface area contributed by atoms with Crippen molar-refractivity contribution in [3.63, 3.8) is 0 Å². The lowest BCUT2D eigenvalue weighted by atomic mass is 10.1. The molecule has 1 aliphatic heterocycles. The second-order valence-corrected chi connectivity index (χ2v) is 7.37. The Labute approximate surface area is 180 Å². The van der Waals surface area contributed by atoms with Crippen molar-refractivity contribution in [2.75, 3.05) is 13.7 Å². The SMILES string of the molecule is COc1ccc(-c2ncnc3c2nc(C#Cc2ccccc2)n3C2CCCCO2)cc1. The molecule has 2 aromatic carbocycles. The first-order chi connectivity index (χ1) is 15.3. The first-order valence-corrected chi connectivity index (χ1v) is 10.4. The Kier molecular flexibility index (Phi) is 5.34. The molecule has 6 nitrogen and oxygen atoms in total. The second-order valence-electron chi connectivity index (χ2n) is 7.37. The van der Waals surface area contributed by atoms with Crippen LogP contribution in [0.25, 0.3) is 22.4 Å². The van der Waals surface area contributed by atoms with Crippen molar-refractivity contribution in [3.8, 4) is 28.8 Å². The van der Waals surface area contributed by atoms with Crippen LogP contribution in [0.2, 0.25) is 0 Å². The summed E-state index contributed by atoms with van der Waals surface area (Å²) < 4.78 is 13.4. The number of fused-ring (bicyclic) bond motifs is 1. The van der Waals surface area contributed by atoms with Gasteiger partial charge in [-0.25, -0.2) is 15.0 Å². The normalized spacial score (nSPS) is 16.0.